The minimum atomic E-state index is -0.483. The van der Waals surface area contributed by atoms with Crippen molar-refractivity contribution in [3.05, 3.63) is 150 Å². The number of fused-ring (bicyclic) bond motifs is 7. The maximum absolute atomic E-state index is 4.99. The van der Waals surface area contributed by atoms with Gasteiger partial charge in [0.2, 0.25) is 5.95 Å². The van der Waals surface area contributed by atoms with Gasteiger partial charge in [0.05, 0.1) is 15.7 Å². The van der Waals surface area contributed by atoms with E-state index in [0.29, 0.717) is 5.95 Å². The van der Waals surface area contributed by atoms with Crippen LogP contribution >= 0.6 is 11.3 Å². The smallest absolute Gasteiger partial charge is 0.234 e. The van der Waals surface area contributed by atoms with Gasteiger partial charge in [-0.3, -0.25) is 4.57 Å². The molecule has 8 aromatic rings. The Balaban J connectivity index is 1.20. The lowest BCUT2D eigenvalue weighted by atomic mass is 10.1. The molecule has 7 heteroatoms. The van der Waals surface area contributed by atoms with Crippen LogP contribution in [0.2, 0.25) is 0 Å². The fourth-order valence-electron chi connectivity index (χ4n) is 6.10. The van der Waals surface area contributed by atoms with Crippen LogP contribution in [0.1, 0.15) is 22.9 Å². The number of thiophene rings is 1. The SMILES string of the molecule is c1ccc(C2=NC(c3cnc(-n4c5ccccc5c5ccc6c7ccccc7sc6c54)nc3)N=C(c3ccccc3)N2)cc1. The van der Waals surface area contributed by atoms with Crippen LogP contribution in [0.3, 0.4) is 0 Å². The van der Waals surface area contributed by atoms with Crippen LogP contribution in [0.5, 0.6) is 0 Å². The van der Waals surface area contributed by atoms with Gasteiger partial charge in [0.15, 0.2) is 6.17 Å². The van der Waals surface area contributed by atoms with E-state index in [1.54, 1.807) is 0 Å². The normalized spacial score (nSPS) is 13.8. The number of amidine groups is 2. The summed E-state index contributed by atoms with van der Waals surface area (Å²) in [5, 5.41) is 8.34. The van der Waals surface area contributed by atoms with Crippen molar-refractivity contribution < 1.29 is 0 Å². The second-order valence-electron chi connectivity index (χ2n) is 10.8. The molecular formula is C37H24N6S. The molecule has 3 aromatic heterocycles. The van der Waals surface area contributed by atoms with Gasteiger partial charge in [0.25, 0.3) is 0 Å². The summed E-state index contributed by atoms with van der Waals surface area (Å²) in [5.74, 6) is 2.16. The van der Waals surface area contributed by atoms with E-state index in [0.717, 1.165) is 39.4 Å². The molecule has 5 aromatic carbocycles. The number of aliphatic imine (C=N–C) groups is 2. The quantitative estimate of drug-likeness (QED) is 0.226. The molecule has 0 saturated carbocycles. The standard InChI is InChI=1S/C37H24N6S/c1-3-11-23(12-4-1)34-40-35(24-13-5-2-6-14-24)42-36(41-34)25-21-38-37(39-22-25)43-30-17-9-7-15-26(30)28-19-20-29-27-16-8-10-18-31(27)44-33(29)32(28)43/h1-22,36H,(H,40,41,42). The number of benzene rings is 5. The van der Waals surface area contributed by atoms with Crippen LogP contribution in [-0.2, 0) is 0 Å². The number of hydrogen-bond acceptors (Lipinski definition) is 6. The third kappa shape index (κ3) is 3.94. The largest absolute Gasteiger partial charge is 0.324 e. The summed E-state index contributed by atoms with van der Waals surface area (Å²) < 4.78 is 4.71. The predicted octanol–water partition coefficient (Wildman–Crippen LogP) is 8.44. The summed E-state index contributed by atoms with van der Waals surface area (Å²) in [6, 6.07) is 41.8. The van der Waals surface area contributed by atoms with Gasteiger partial charge in [0.1, 0.15) is 11.7 Å². The third-order valence-corrected chi connectivity index (χ3v) is 9.36. The molecule has 0 amide bonds. The van der Waals surface area contributed by atoms with Crippen molar-refractivity contribution in [3.8, 4) is 5.95 Å². The Morgan fingerprint density at radius 3 is 1.86 bits per heavy atom. The van der Waals surface area contributed by atoms with Gasteiger partial charge < -0.3 is 5.32 Å². The number of nitrogens with zero attached hydrogens (tertiary/aromatic N) is 5. The van der Waals surface area contributed by atoms with Crippen molar-refractivity contribution in [1.29, 1.82) is 0 Å². The molecule has 0 spiro atoms. The van der Waals surface area contributed by atoms with Crippen molar-refractivity contribution in [2.24, 2.45) is 9.98 Å². The van der Waals surface area contributed by atoms with Gasteiger partial charge in [0, 0.05) is 55.3 Å². The highest BCUT2D eigenvalue weighted by atomic mass is 32.1. The molecule has 1 N–H and O–H groups in total. The molecule has 6 nitrogen and oxygen atoms in total. The minimum absolute atomic E-state index is 0.483. The fourth-order valence-corrected chi connectivity index (χ4v) is 7.34. The van der Waals surface area contributed by atoms with E-state index < -0.39 is 6.17 Å². The summed E-state index contributed by atoms with van der Waals surface area (Å²) in [5.41, 5.74) is 5.03. The van der Waals surface area contributed by atoms with E-state index in [-0.39, 0.29) is 0 Å². The van der Waals surface area contributed by atoms with Crippen LogP contribution in [0.15, 0.2) is 144 Å². The summed E-state index contributed by atoms with van der Waals surface area (Å²) in [4.78, 5) is 19.9. The first kappa shape index (κ1) is 24.9. The molecule has 0 atom stereocenters. The Bertz CT molecular complexity index is 2350. The van der Waals surface area contributed by atoms with Crippen molar-refractivity contribution in [2.45, 2.75) is 6.17 Å². The Morgan fingerprint density at radius 1 is 0.568 bits per heavy atom. The number of rotatable bonds is 4. The average molecular weight is 585 g/mol. The van der Waals surface area contributed by atoms with Crippen molar-refractivity contribution in [2.75, 3.05) is 0 Å². The van der Waals surface area contributed by atoms with Gasteiger partial charge in [-0.25, -0.2) is 20.0 Å². The zero-order valence-electron chi connectivity index (χ0n) is 23.4. The van der Waals surface area contributed by atoms with E-state index in [1.807, 2.05) is 84.4 Å². The number of hydrogen-bond donors (Lipinski definition) is 1. The molecule has 1 aliphatic heterocycles. The lowest BCUT2D eigenvalue weighted by Gasteiger charge is -2.22. The molecule has 0 fully saturated rings. The highest BCUT2D eigenvalue weighted by molar-refractivity contribution is 7.26. The summed E-state index contributed by atoms with van der Waals surface area (Å²) in [7, 11) is 0. The molecule has 0 radical (unpaired) electrons. The Kier molecular flexibility index (Phi) is 5.64. The summed E-state index contributed by atoms with van der Waals surface area (Å²) in [6.07, 6.45) is 3.24. The molecule has 1 aliphatic rings. The molecule has 44 heavy (non-hydrogen) atoms. The van der Waals surface area contributed by atoms with Gasteiger partial charge in [-0.2, -0.15) is 0 Å². The Labute approximate surface area is 256 Å². The maximum atomic E-state index is 4.99. The Morgan fingerprint density at radius 2 is 1.16 bits per heavy atom. The molecule has 0 unspecified atom stereocenters. The first-order valence-electron chi connectivity index (χ1n) is 14.5. The second-order valence-corrected chi connectivity index (χ2v) is 11.8. The van der Waals surface area contributed by atoms with E-state index in [2.05, 4.69) is 70.5 Å². The zero-order valence-corrected chi connectivity index (χ0v) is 24.2. The number of nitrogens with one attached hydrogen (secondary N) is 1. The fraction of sp³-hybridized carbons (Fsp3) is 0.0270. The lowest BCUT2D eigenvalue weighted by Crippen LogP contribution is -2.36. The van der Waals surface area contributed by atoms with Gasteiger partial charge in [-0.1, -0.05) is 109 Å². The van der Waals surface area contributed by atoms with Crippen LogP contribution < -0.4 is 5.32 Å². The van der Waals surface area contributed by atoms with Crippen LogP contribution in [-0.4, -0.2) is 26.2 Å². The van der Waals surface area contributed by atoms with Crippen molar-refractivity contribution >= 4 is 65.0 Å². The Hall–Kier alpha value is -5.66. The predicted molar refractivity (Wildman–Crippen MR) is 181 cm³/mol. The summed E-state index contributed by atoms with van der Waals surface area (Å²) >= 11 is 1.82. The molecule has 4 heterocycles. The van der Waals surface area contributed by atoms with E-state index >= 15 is 0 Å². The third-order valence-electron chi connectivity index (χ3n) is 8.17. The monoisotopic (exact) mass is 584 g/mol. The highest BCUT2D eigenvalue weighted by Gasteiger charge is 2.23. The highest BCUT2D eigenvalue weighted by Crippen LogP contribution is 2.42. The van der Waals surface area contributed by atoms with Gasteiger partial charge in [-0.15, -0.1) is 11.3 Å². The zero-order chi connectivity index (χ0) is 29.0. The summed E-state index contributed by atoms with van der Waals surface area (Å²) in [6.45, 7) is 0. The van der Waals surface area contributed by atoms with Crippen molar-refractivity contribution in [1.82, 2.24) is 19.9 Å². The van der Waals surface area contributed by atoms with Crippen LogP contribution in [0.4, 0.5) is 0 Å². The van der Waals surface area contributed by atoms with Gasteiger partial charge in [-0.05, 0) is 12.1 Å². The molecular weight excluding hydrogens is 561 g/mol. The van der Waals surface area contributed by atoms with Crippen LogP contribution in [0.25, 0.3) is 47.9 Å². The van der Waals surface area contributed by atoms with E-state index in [1.165, 1.54) is 30.9 Å². The van der Waals surface area contributed by atoms with Crippen LogP contribution in [0, 0.1) is 0 Å². The number of aromatic nitrogens is 3. The van der Waals surface area contributed by atoms with E-state index in [4.69, 9.17) is 20.0 Å². The van der Waals surface area contributed by atoms with Gasteiger partial charge >= 0.3 is 0 Å². The lowest BCUT2D eigenvalue weighted by molar-refractivity contribution is 0.742. The average Bonchev–Trinajstić information content (AvgIpc) is 3.65. The minimum Gasteiger partial charge on any atom is -0.324 e. The maximum Gasteiger partial charge on any atom is 0.234 e. The molecule has 208 valence electrons. The first-order valence-corrected chi connectivity index (χ1v) is 15.3. The van der Waals surface area contributed by atoms with E-state index in [9.17, 15) is 0 Å². The molecule has 9 rings (SSSR count). The van der Waals surface area contributed by atoms with Crippen molar-refractivity contribution in [3.63, 3.8) is 0 Å². The molecule has 0 bridgehead atoms. The topological polar surface area (TPSA) is 67.5 Å². The first-order chi connectivity index (χ1) is 21.8. The molecule has 0 saturated heterocycles. The molecule has 0 aliphatic carbocycles. The second kappa shape index (κ2) is 9.97. The number of para-hydroxylation sites is 1.